The maximum Gasteiger partial charge on any atom is 0.0925 e. The summed E-state index contributed by atoms with van der Waals surface area (Å²) in [6.07, 6.45) is 6.52. The van der Waals surface area contributed by atoms with E-state index in [0.717, 1.165) is 31.2 Å². The van der Waals surface area contributed by atoms with E-state index in [4.69, 9.17) is 5.11 Å². The summed E-state index contributed by atoms with van der Waals surface area (Å²) < 4.78 is 1.87. The highest BCUT2D eigenvalue weighted by Gasteiger charge is 2.35. The smallest absolute Gasteiger partial charge is 0.0925 e. The minimum atomic E-state index is 0.135. The molecule has 142 valence electrons. The molecule has 7 heteroatoms. The minimum absolute atomic E-state index is 0.135. The molecule has 2 atom stereocenters. The van der Waals surface area contributed by atoms with Crippen molar-refractivity contribution in [1.29, 1.82) is 0 Å². The normalized spacial score (nSPS) is 24.3. The van der Waals surface area contributed by atoms with Gasteiger partial charge in [0.1, 0.15) is 0 Å². The SMILES string of the molecule is Cc1nn(CCO)cc1CN1C[C@@H]2CC[C@H]1CN(Cc1nc[nH]c1C)C2. The lowest BCUT2D eigenvalue weighted by Crippen LogP contribution is -2.43. The fraction of sp³-hybridized carbons (Fsp3) is 0.684. The topological polar surface area (TPSA) is 73.2 Å². The monoisotopic (exact) mass is 358 g/mol. The molecule has 0 unspecified atom stereocenters. The molecule has 7 nitrogen and oxygen atoms in total. The molecule has 0 amide bonds. The number of nitrogens with zero attached hydrogens (tertiary/aromatic N) is 5. The number of aliphatic hydroxyl groups excluding tert-OH is 1. The Hall–Kier alpha value is -1.70. The molecular formula is C19H30N6O. The average Bonchev–Trinajstić information content (AvgIpc) is 3.03. The molecule has 2 aromatic heterocycles. The average molecular weight is 358 g/mol. The highest BCUT2D eigenvalue weighted by atomic mass is 16.3. The largest absolute Gasteiger partial charge is 0.394 e. The van der Waals surface area contributed by atoms with Gasteiger partial charge in [-0.1, -0.05) is 0 Å². The third kappa shape index (κ3) is 3.70. The minimum Gasteiger partial charge on any atom is -0.394 e. The van der Waals surface area contributed by atoms with Crippen LogP contribution in [0.5, 0.6) is 0 Å². The first kappa shape index (κ1) is 17.7. The lowest BCUT2D eigenvalue weighted by atomic mass is 9.94. The molecule has 3 saturated heterocycles. The number of rotatable bonds is 6. The van der Waals surface area contributed by atoms with Gasteiger partial charge in [0.2, 0.25) is 0 Å². The fourth-order valence-electron chi connectivity index (χ4n) is 4.51. The van der Waals surface area contributed by atoms with Crippen molar-refractivity contribution in [2.75, 3.05) is 26.2 Å². The molecule has 5 heterocycles. The summed E-state index contributed by atoms with van der Waals surface area (Å²) in [4.78, 5) is 12.9. The molecule has 2 bridgehead atoms. The van der Waals surface area contributed by atoms with Crippen LogP contribution in [-0.4, -0.2) is 66.9 Å². The number of hydrogen-bond acceptors (Lipinski definition) is 5. The number of hydrogen-bond donors (Lipinski definition) is 2. The van der Waals surface area contributed by atoms with E-state index >= 15 is 0 Å². The van der Waals surface area contributed by atoms with Crippen molar-refractivity contribution in [1.82, 2.24) is 29.5 Å². The Morgan fingerprint density at radius 1 is 1.19 bits per heavy atom. The molecule has 0 spiro atoms. The number of piperidine rings is 1. The Kier molecular flexibility index (Phi) is 5.11. The summed E-state index contributed by atoms with van der Waals surface area (Å²) in [7, 11) is 0. The standard InChI is InChI=1S/C19H30N6O/c1-14-17(10-25(22-14)5-6-26)9-24-8-16-3-4-18(24)11-23(7-16)12-19-15(2)20-13-21-19/h10,13,16,18,26H,3-9,11-12H2,1-2H3,(H,20,21)/t16-,18+/m1/s1. The van der Waals surface area contributed by atoms with Crippen molar-refractivity contribution in [2.45, 2.75) is 52.4 Å². The summed E-state index contributed by atoms with van der Waals surface area (Å²) in [5.41, 5.74) is 4.74. The lowest BCUT2D eigenvalue weighted by molar-refractivity contribution is 0.123. The molecule has 5 rings (SSSR count). The second-order valence-corrected chi connectivity index (χ2v) is 7.92. The molecule has 2 aromatic rings. The molecule has 3 aliphatic heterocycles. The van der Waals surface area contributed by atoms with E-state index in [0.29, 0.717) is 12.6 Å². The summed E-state index contributed by atoms with van der Waals surface area (Å²) in [6, 6.07) is 0.605. The molecule has 26 heavy (non-hydrogen) atoms. The van der Waals surface area contributed by atoms with Gasteiger partial charge in [-0.25, -0.2) is 4.98 Å². The van der Waals surface area contributed by atoms with Gasteiger partial charge in [-0.15, -0.1) is 0 Å². The van der Waals surface area contributed by atoms with Crippen molar-refractivity contribution in [3.8, 4) is 0 Å². The summed E-state index contributed by atoms with van der Waals surface area (Å²) >= 11 is 0. The molecule has 0 saturated carbocycles. The zero-order chi connectivity index (χ0) is 18.1. The number of nitrogens with one attached hydrogen (secondary N) is 1. The molecule has 3 fully saturated rings. The summed E-state index contributed by atoms with van der Waals surface area (Å²) in [5, 5.41) is 13.7. The van der Waals surface area contributed by atoms with E-state index in [9.17, 15) is 0 Å². The summed E-state index contributed by atoms with van der Waals surface area (Å²) in [6.45, 7) is 10.3. The second-order valence-electron chi connectivity index (χ2n) is 7.92. The number of aliphatic hydroxyl groups is 1. The van der Waals surface area contributed by atoms with E-state index in [2.05, 4.69) is 44.9 Å². The van der Waals surface area contributed by atoms with E-state index in [-0.39, 0.29) is 6.61 Å². The van der Waals surface area contributed by atoms with Crippen molar-refractivity contribution < 1.29 is 5.11 Å². The van der Waals surface area contributed by atoms with Crippen molar-refractivity contribution in [3.05, 3.63) is 35.2 Å². The predicted octanol–water partition coefficient (Wildman–Crippen LogP) is 1.31. The Morgan fingerprint density at radius 2 is 2.08 bits per heavy atom. The maximum atomic E-state index is 9.13. The first-order chi connectivity index (χ1) is 12.6. The van der Waals surface area contributed by atoms with E-state index in [1.165, 1.54) is 42.9 Å². The van der Waals surface area contributed by atoms with Crippen LogP contribution < -0.4 is 0 Å². The van der Waals surface area contributed by atoms with Crippen molar-refractivity contribution >= 4 is 0 Å². The number of H-pyrrole nitrogens is 1. The van der Waals surface area contributed by atoms with Gasteiger partial charge >= 0.3 is 0 Å². The zero-order valence-electron chi connectivity index (χ0n) is 15.9. The Morgan fingerprint density at radius 3 is 2.85 bits per heavy atom. The highest BCUT2D eigenvalue weighted by molar-refractivity contribution is 5.16. The van der Waals surface area contributed by atoms with Crippen LogP contribution in [0.15, 0.2) is 12.5 Å². The van der Waals surface area contributed by atoms with Gasteiger partial charge in [0, 0.05) is 56.2 Å². The molecule has 0 radical (unpaired) electrons. The Balaban J connectivity index is 1.44. The lowest BCUT2D eigenvalue weighted by Gasteiger charge is -2.36. The van der Waals surface area contributed by atoms with Gasteiger partial charge < -0.3 is 10.1 Å². The van der Waals surface area contributed by atoms with Gasteiger partial charge in [-0.3, -0.25) is 14.5 Å². The first-order valence-electron chi connectivity index (χ1n) is 9.71. The van der Waals surface area contributed by atoms with Crippen LogP contribution in [0, 0.1) is 19.8 Å². The number of aromatic nitrogens is 4. The maximum absolute atomic E-state index is 9.13. The highest BCUT2D eigenvalue weighted by Crippen LogP contribution is 2.30. The third-order valence-electron chi connectivity index (χ3n) is 5.96. The number of fused-ring (bicyclic) bond motifs is 4. The van der Waals surface area contributed by atoms with Gasteiger partial charge in [-0.2, -0.15) is 5.10 Å². The number of aromatic amines is 1. The van der Waals surface area contributed by atoms with Crippen LogP contribution in [0.4, 0.5) is 0 Å². The van der Waals surface area contributed by atoms with Gasteiger partial charge in [0.05, 0.1) is 30.9 Å². The van der Waals surface area contributed by atoms with Gasteiger partial charge in [0.15, 0.2) is 0 Å². The molecule has 0 aromatic carbocycles. The number of imidazole rings is 1. The van der Waals surface area contributed by atoms with E-state index in [1.54, 1.807) is 6.33 Å². The predicted molar refractivity (Wildman–Crippen MR) is 99.6 cm³/mol. The van der Waals surface area contributed by atoms with Crippen LogP contribution in [-0.2, 0) is 19.6 Å². The first-order valence-corrected chi connectivity index (χ1v) is 9.71. The molecule has 0 aliphatic carbocycles. The number of aryl methyl sites for hydroxylation is 2. The van der Waals surface area contributed by atoms with Crippen LogP contribution in [0.1, 0.15) is 35.5 Å². The van der Waals surface area contributed by atoms with Crippen LogP contribution >= 0.6 is 0 Å². The van der Waals surface area contributed by atoms with Crippen molar-refractivity contribution in [3.63, 3.8) is 0 Å². The quantitative estimate of drug-likeness (QED) is 0.815. The molecule has 3 aliphatic rings. The fourth-order valence-corrected chi connectivity index (χ4v) is 4.51. The molecule has 2 N–H and O–H groups in total. The third-order valence-corrected chi connectivity index (χ3v) is 5.96. The second kappa shape index (κ2) is 7.50. The Labute approximate surface area is 155 Å². The summed E-state index contributed by atoms with van der Waals surface area (Å²) in [5.74, 6) is 0.737. The van der Waals surface area contributed by atoms with Crippen molar-refractivity contribution in [2.24, 2.45) is 5.92 Å². The van der Waals surface area contributed by atoms with E-state index < -0.39 is 0 Å². The van der Waals surface area contributed by atoms with Crippen LogP contribution in [0.3, 0.4) is 0 Å². The zero-order valence-corrected chi connectivity index (χ0v) is 15.9. The van der Waals surface area contributed by atoms with Gasteiger partial charge in [-0.05, 0) is 32.6 Å². The van der Waals surface area contributed by atoms with Gasteiger partial charge in [0.25, 0.3) is 0 Å². The Bertz CT molecular complexity index is 738. The van der Waals surface area contributed by atoms with Crippen LogP contribution in [0.2, 0.25) is 0 Å². The molecular weight excluding hydrogens is 328 g/mol. The van der Waals surface area contributed by atoms with Crippen LogP contribution in [0.25, 0.3) is 0 Å². The van der Waals surface area contributed by atoms with E-state index in [1.807, 2.05) is 4.68 Å².